The molecule has 0 fully saturated rings. The smallest absolute Gasteiger partial charge is 0.129 e. The number of rotatable bonds is 2. The van der Waals surface area contributed by atoms with Gasteiger partial charge in [-0.15, -0.1) is 0 Å². The van der Waals surface area contributed by atoms with Crippen molar-refractivity contribution in [3.63, 3.8) is 0 Å². The molecular weight excluding hydrogens is 174 g/mol. The molecule has 1 N–H and O–H groups in total. The van der Waals surface area contributed by atoms with E-state index in [1.54, 1.807) is 13.8 Å². The Hall–Kier alpha value is -0.960. The summed E-state index contributed by atoms with van der Waals surface area (Å²) in [5, 5.41) is 8.96. The highest BCUT2D eigenvalue weighted by Crippen LogP contribution is 2.27. The monoisotopic (exact) mass is 186 g/mol. The normalized spacial score (nSPS) is 11.8. The van der Waals surface area contributed by atoms with E-state index in [9.17, 15) is 8.78 Å². The molecule has 0 saturated heterocycles. The van der Waals surface area contributed by atoms with Gasteiger partial charge in [0.25, 0.3) is 0 Å². The Morgan fingerprint density at radius 3 is 2.08 bits per heavy atom. The van der Waals surface area contributed by atoms with Gasteiger partial charge in [0, 0.05) is 11.0 Å². The molecule has 1 aromatic rings. The van der Waals surface area contributed by atoms with Crippen LogP contribution in [0.2, 0.25) is 0 Å². The summed E-state index contributed by atoms with van der Waals surface area (Å²) in [4.78, 5) is 0. The number of hydrogen-bond donors (Lipinski definition) is 1. The van der Waals surface area contributed by atoms with Gasteiger partial charge >= 0.3 is 0 Å². The van der Waals surface area contributed by atoms with E-state index < -0.39 is 17.0 Å². The quantitative estimate of drug-likeness (QED) is 0.751. The number of hydrogen-bond acceptors (Lipinski definition) is 1. The van der Waals surface area contributed by atoms with E-state index in [0.717, 1.165) is 0 Å². The van der Waals surface area contributed by atoms with Crippen molar-refractivity contribution in [3.8, 4) is 0 Å². The minimum absolute atomic E-state index is 0.0579. The Bertz CT molecular complexity index is 288. The first-order valence-electron chi connectivity index (χ1n) is 4.04. The molecule has 0 saturated carbocycles. The maximum absolute atomic E-state index is 13.2. The molecule has 0 amide bonds. The SMILES string of the molecule is CC(C)(CO)c1c(F)cccc1F. The summed E-state index contributed by atoms with van der Waals surface area (Å²) in [7, 11) is 0. The number of aliphatic hydroxyl groups excluding tert-OH is 1. The van der Waals surface area contributed by atoms with Crippen LogP contribution in [0.5, 0.6) is 0 Å². The molecule has 13 heavy (non-hydrogen) atoms. The van der Waals surface area contributed by atoms with E-state index in [-0.39, 0.29) is 12.2 Å². The van der Waals surface area contributed by atoms with Gasteiger partial charge in [0.05, 0.1) is 6.61 Å². The third-order valence-electron chi connectivity index (χ3n) is 2.03. The van der Waals surface area contributed by atoms with E-state index in [1.165, 1.54) is 18.2 Å². The van der Waals surface area contributed by atoms with Crippen LogP contribution < -0.4 is 0 Å². The summed E-state index contributed by atoms with van der Waals surface area (Å²) < 4.78 is 26.4. The third-order valence-corrected chi connectivity index (χ3v) is 2.03. The van der Waals surface area contributed by atoms with Gasteiger partial charge in [0.15, 0.2) is 0 Å². The van der Waals surface area contributed by atoms with E-state index >= 15 is 0 Å². The van der Waals surface area contributed by atoms with Gasteiger partial charge in [-0.1, -0.05) is 19.9 Å². The molecule has 0 bridgehead atoms. The largest absolute Gasteiger partial charge is 0.395 e. The second-order valence-electron chi connectivity index (χ2n) is 3.64. The molecule has 3 heteroatoms. The molecule has 1 rings (SSSR count). The minimum Gasteiger partial charge on any atom is -0.395 e. The standard InChI is InChI=1S/C10H12F2O/c1-10(2,6-13)9-7(11)4-3-5-8(9)12/h3-5,13H,6H2,1-2H3. The molecule has 0 aliphatic rings. The highest BCUT2D eigenvalue weighted by atomic mass is 19.1. The molecule has 0 aliphatic carbocycles. The predicted octanol–water partition coefficient (Wildman–Crippen LogP) is 2.23. The molecule has 0 aromatic heterocycles. The molecule has 0 atom stereocenters. The van der Waals surface area contributed by atoms with Crippen LogP contribution in [-0.2, 0) is 5.41 Å². The van der Waals surface area contributed by atoms with Gasteiger partial charge in [0.1, 0.15) is 11.6 Å². The lowest BCUT2D eigenvalue weighted by Gasteiger charge is -2.23. The van der Waals surface area contributed by atoms with Crippen molar-refractivity contribution < 1.29 is 13.9 Å². The van der Waals surface area contributed by atoms with E-state index in [1.807, 2.05) is 0 Å². The zero-order valence-electron chi connectivity index (χ0n) is 7.64. The van der Waals surface area contributed by atoms with E-state index in [2.05, 4.69) is 0 Å². The Morgan fingerprint density at radius 1 is 1.23 bits per heavy atom. The fourth-order valence-corrected chi connectivity index (χ4v) is 1.22. The molecule has 72 valence electrons. The molecule has 0 radical (unpaired) electrons. The summed E-state index contributed by atoms with van der Waals surface area (Å²) in [5.41, 5.74) is -0.937. The first-order chi connectivity index (χ1) is 5.99. The van der Waals surface area contributed by atoms with Crippen LogP contribution in [0, 0.1) is 11.6 Å². The summed E-state index contributed by atoms with van der Waals surface area (Å²) in [6, 6.07) is 3.69. The lowest BCUT2D eigenvalue weighted by atomic mass is 9.85. The van der Waals surface area contributed by atoms with Crippen molar-refractivity contribution in [1.82, 2.24) is 0 Å². The lowest BCUT2D eigenvalue weighted by molar-refractivity contribution is 0.211. The molecule has 0 aliphatic heterocycles. The van der Waals surface area contributed by atoms with Crippen molar-refractivity contribution in [3.05, 3.63) is 35.4 Å². The first kappa shape index (κ1) is 10.1. The van der Waals surface area contributed by atoms with Crippen LogP contribution in [0.4, 0.5) is 8.78 Å². The van der Waals surface area contributed by atoms with Gasteiger partial charge in [-0.05, 0) is 12.1 Å². The number of halogens is 2. The summed E-state index contributed by atoms with van der Waals surface area (Å²) in [6.45, 7) is 2.90. The second-order valence-corrected chi connectivity index (χ2v) is 3.64. The molecule has 0 spiro atoms. The van der Waals surface area contributed by atoms with Crippen LogP contribution in [-0.4, -0.2) is 11.7 Å². The van der Waals surface area contributed by atoms with Crippen molar-refractivity contribution in [2.24, 2.45) is 0 Å². The van der Waals surface area contributed by atoms with Crippen LogP contribution in [0.15, 0.2) is 18.2 Å². The van der Waals surface area contributed by atoms with Gasteiger partial charge in [-0.3, -0.25) is 0 Å². The Labute approximate surface area is 76.0 Å². The molecule has 1 aromatic carbocycles. The number of aliphatic hydroxyl groups is 1. The Balaban J connectivity index is 3.28. The van der Waals surface area contributed by atoms with Gasteiger partial charge in [0.2, 0.25) is 0 Å². The topological polar surface area (TPSA) is 20.2 Å². The second kappa shape index (κ2) is 3.42. The summed E-state index contributed by atoms with van der Waals surface area (Å²) in [6.07, 6.45) is 0. The van der Waals surface area contributed by atoms with Crippen molar-refractivity contribution in [2.75, 3.05) is 6.61 Å². The highest BCUT2D eigenvalue weighted by Gasteiger charge is 2.26. The summed E-state index contributed by atoms with van der Waals surface area (Å²) in [5.74, 6) is -1.22. The van der Waals surface area contributed by atoms with Crippen molar-refractivity contribution in [1.29, 1.82) is 0 Å². The average molecular weight is 186 g/mol. The maximum atomic E-state index is 13.2. The lowest BCUT2D eigenvalue weighted by Crippen LogP contribution is -2.25. The van der Waals surface area contributed by atoms with Crippen molar-refractivity contribution in [2.45, 2.75) is 19.3 Å². The third kappa shape index (κ3) is 1.86. The van der Waals surface area contributed by atoms with Gasteiger partial charge < -0.3 is 5.11 Å². The zero-order chi connectivity index (χ0) is 10.1. The molecule has 0 heterocycles. The average Bonchev–Trinajstić information content (AvgIpc) is 2.03. The van der Waals surface area contributed by atoms with E-state index in [0.29, 0.717) is 0 Å². The van der Waals surface area contributed by atoms with Crippen LogP contribution in [0.1, 0.15) is 19.4 Å². The van der Waals surface area contributed by atoms with Crippen LogP contribution >= 0.6 is 0 Å². The highest BCUT2D eigenvalue weighted by molar-refractivity contribution is 5.27. The Morgan fingerprint density at radius 2 is 1.69 bits per heavy atom. The fraction of sp³-hybridized carbons (Fsp3) is 0.400. The van der Waals surface area contributed by atoms with Gasteiger partial charge in [-0.2, -0.15) is 0 Å². The fourth-order valence-electron chi connectivity index (χ4n) is 1.22. The maximum Gasteiger partial charge on any atom is 0.129 e. The first-order valence-corrected chi connectivity index (χ1v) is 4.04. The molecular formula is C10H12F2O. The summed E-state index contributed by atoms with van der Waals surface area (Å²) >= 11 is 0. The number of benzene rings is 1. The molecule has 0 unspecified atom stereocenters. The minimum atomic E-state index is -0.880. The molecule has 1 nitrogen and oxygen atoms in total. The van der Waals surface area contributed by atoms with Gasteiger partial charge in [-0.25, -0.2) is 8.78 Å². The predicted molar refractivity (Wildman–Crippen MR) is 46.5 cm³/mol. The van der Waals surface area contributed by atoms with Crippen LogP contribution in [0.25, 0.3) is 0 Å². The zero-order valence-corrected chi connectivity index (χ0v) is 7.64. The van der Waals surface area contributed by atoms with Crippen molar-refractivity contribution >= 4 is 0 Å². The Kier molecular flexibility index (Phi) is 2.66. The van der Waals surface area contributed by atoms with Crippen LogP contribution in [0.3, 0.4) is 0 Å². The van der Waals surface area contributed by atoms with E-state index in [4.69, 9.17) is 5.11 Å².